The van der Waals surface area contributed by atoms with E-state index in [-0.39, 0.29) is 29.6 Å². The number of phosphoric ester groups is 1. The van der Waals surface area contributed by atoms with Crippen LogP contribution in [-0.4, -0.2) is 59.5 Å². The van der Waals surface area contributed by atoms with Crippen LogP contribution >= 0.6 is 15.6 Å². The summed E-state index contributed by atoms with van der Waals surface area (Å²) in [5, 5.41) is 0. The van der Waals surface area contributed by atoms with Gasteiger partial charge in [-0.15, -0.1) is 0 Å². The molecule has 0 bridgehead atoms. The summed E-state index contributed by atoms with van der Waals surface area (Å²) in [6.07, 6.45) is -0.372. The summed E-state index contributed by atoms with van der Waals surface area (Å²) in [5.41, 5.74) is 5.90. The van der Waals surface area contributed by atoms with Gasteiger partial charge in [0.05, 0.1) is 12.9 Å². The number of nitrogens with zero attached hydrogens (tertiary/aromatic N) is 4. The van der Waals surface area contributed by atoms with Crippen LogP contribution in [0, 0.1) is 0 Å². The summed E-state index contributed by atoms with van der Waals surface area (Å²) < 4.78 is 36.1. The fraction of sp³-hybridized carbons (Fsp3) is 0.300. The van der Waals surface area contributed by atoms with Gasteiger partial charge in [-0.25, -0.2) is 24.1 Å². The molecule has 0 saturated heterocycles. The Bertz CT molecular complexity index is 928. The van der Waals surface area contributed by atoms with E-state index < -0.39 is 34.6 Å². The monoisotopic (exact) mass is 425 g/mol. The summed E-state index contributed by atoms with van der Waals surface area (Å²) in [5.74, 6) is 0.0366. The minimum Gasteiger partial charge on any atom is -0.382 e. The number of phosphoric acid groups is 2. The van der Waals surface area contributed by atoms with Crippen LogP contribution in [0.3, 0.4) is 0 Å². The molecule has 148 valence electrons. The van der Waals surface area contributed by atoms with Crippen LogP contribution in [-0.2, 0) is 32.3 Å². The first kappa shape index (κ1) is 21.2. The van der Waals surface area contributed by atoms with Gasteiger partial charge in [0, 0.05) is 0 Å². The molecule has 0 fully saturated rings. The highest BCUT2D eigenvalue weighted by Gasteiger charge is 2.33. The molecule has 27 heavy (non-hydrogen) atoms. The Hall–Kier alpha value is -2.09. The van der Waals surface area contributed by atoms with Crippen molar-refractivity contribution in [3.8, 4) is 0 Å². The van der Waals surface area contributed by atoms with E-state index in [0.29, 0.717) is 0 Å². The highest BCUT2D eigenvalue weighted by molar-refractivity contribution is 7.60. The van der Waals surface area contributed by atoms with E-state index in [4.69, 9.17) is 20.3 Å². The third-order valence-electron chi connectivity index (χ3n) is 2.86. The number of imidazole rings is 1. The Morgan fingerprint density at radius 3 is 2.48 bits per heavy atom. The second-order valence-electron chi connectivity index (χ2n) is 4.76. The quantitative estimate of drug-likeness (QED) is 0.262. The van der Waals surface area contributed by atoms with Crippen molar-refractivity contribution < 1.29 is 47.0 Å². The van der Waals surface area contributed by atoms with Crippen molar-refractivity contribution in [1.82, 2.24) is 19.5 Å². The van der Waals surface area contributed by atoms with Crippen LogP contribution in [0.2, 0.25) is 0 Å². The fourth-order valence-corrected chi connectivity index (χ4v) is 3.43. The standard InChI is InChI=1S/C10H13N5O10P2/c11-9-8-10(13-4-12-9)15(5-14-8)7(2-17)24-6(1-16)3-23-27(21,22)25-26(18,19)20/h1-2,4-7H,3H2,(H,21,22)(H2,11,12,13)(H2,18,19,20)/t6-,7+/m0/s1. The van der Waals surface area contributed by atoms with Crippen LogP contribution in [0.25, 0.3) is 11.2 Å². The average molecular weight is 425 g/mol. The van der Waals surface area contributed by atoms with Crippen molar-refractivity contribution in [2.45, 2.75) is 12.3 Å². The third-order valence-corrected chi connectivity index (χ3v) is 5.01. The molecule has 0 amide bonds. The van der Waals surface area contributed by atoms with Gasteiger partial charge in [-0.05, 0) is 0 Å². The second-order valence-corrected chi connectivity index (χ2v) is 7.59. The summed E-state index contributed by atoms with van der Waals surface area (Å²) in [6, 6.07) is 0. The number of rotatable bonds is 10. The maximum Gasteiger partial charge on any atom is 0.481 e. The molecule has 1 unspecified atom stereocenters. The van der Waals surface area contributed by atoms with E-state index in [0.717, 1.165) is 17.2 Å². The minimum atomic E-state index is -5.32. The topological polar surface area (TPSA) is 226 Å². The lowest BCUT2D eigenvalue weighted by Gasteiger charge is -2.19. The molecule has 0 spiro atoms. The maximum absolute atomic E-state index is 11.4. The van der Waals surface area contributed by atoms with Crippen LogP contribution in [0.5, 0.6) is 0 Å². The number of carbonyl (C=O) groups is 2. The van der Waals surface area contributed by atoms with Gasteiger partial charge in [-0.3, -0.25) is 13.9 Å². The van der Waals surface area contributed by atoms with Gasteiger partial charge in [-0.1, -0.05) is 0 Å². The Morgan fingerprint density at radius 1 is 1.19 bits per heavy atom. The van der Waals surface area contributed by atoms with E-state index in [9.17, 15) is 23.6 Å². The molecule has 2 heterocycles. The van der Waals surface area contributed by atoms with E-state index in [1.165, 1.54) is 0 Å². The zero-order valence-corrected chi connectivity index (χ0v) is 14.9. The zero-order valence-electron chi connectivity index (χ0n) is 13.1. The molecule has 2 aromatic rings. The van der Waals surface area contributed by atoms with Crippen molar-refractivity contribution in [3.05, 3.63) is 12.7 Å². The molecule has 5 N–H and O–H groups in total. The molecule has 15 nitrogen and oxygen atoms in total. The highest BCUT2D eigenvalue weighted by atomic mass is 31.3. The molecule has 0 saturated carbocycles. The molecule has 2 aromatic heterocycles. The predicted octanol–water partition coefficient (Wildman–Crippen LogP) is -1.08. The van der Waals surface area contributed by atoms with Crippen molar-refractivity contribution in [2.75, 3.05) is 12.3 Å². The first-order valence-corrected chi connectivity index (χ1v) is 9.82. The number of nitrogen functional groups attached to an aromatic ring is 1. The molecule has 3 atom stereocenters. The van der Waals surface area contributed by atoms with Crippen molar-refractivity contribution in [2.24, 2.45) is 0 Å². The van der Waals surface area contributed by atoms with Gasteiger partial charge in [-0.2, -0.15) is 4.31 Å². The van der Waals surface area contributed by atoms with Crippen LogP contribution in [0.1, 0.15) is 6.23 Å². The average Bonchev–Trinajstić information content (AvgIpc) is 2.98. The number of aromatic nitrogens is 4. The van der Waals surface area contributed by atoms with Crippen LogP contribution in [0.4, 0.5) is 5.82 Å². The lowest BCUT2D eigenvalue weighted by Crippen LogP contribution is -2.27. The zero-order chi connectivity index (χ0) is 20.2. The lowest BCUT2D eigenvalue weighted by atomic mass is 10.4. The van der Waals surface area contributed by atoms with Gasteiger partial charge in [0.25, 0.3) is 0 Å². The first-order valence-electron chi connectivity index (χ1n) is 6.79. The molecule has 0 aromatic carbocycles. The van der Waals surface area contributed by atoms with E-state index in [2.05, 4.69) is 23.8 Å². The molecule has 0 radical (unpaired) electrons. The highest BCUT2D eigenvalue weighted by Crippen LogP contribution is 2.57. The number of aldehydes is 2. The number of carbonyl (C=O) groups excluding carboxylic acids is 2. The predicted molar refractivity (Wildman–Crippen MR) is 84.7 cm³/mol. The van der Waals surface area contributed by atoms with Gasteiger partial charge >= 0.3 is 15.6 Å². The van der Waals surface area contributed by atoms with Crippen LogP contribution < -0.4 is 5.73 Å². The lowest BCUT2D eigenvalue weighted by molar-refractivity contribution is -0.139. The molecular formula is C10H13N5O10P2. The van der Waals surface area contributed by atoms with Crippen molar-refractivity contribution in [1.29, 1.82) is 0 Å². The number of nitrogens with two attached hydrogens (primary N) is 1. The summed E-state index contributed by atoms with van der Waals surface area (Å²) in [6.45, 7) is -0.953. The van der Waals surface area contributed by atoms with E-state index in [1.54, 1.807) is 0 Å². The number of fused-ring (bicyclic) bond motifs is 1. The normalized spacial score (nSPS) is 16.6. The summed E-state index contributed by atoms with van der Waals surface area (Å²) in [7, 11) is -10.5. The molecule has 0 aliphatic heterocycles. The third kappa shape index (κ3) is 5.69. The SMILES string of the molecule is Nc1ncnc2c1ncn2[C@@H](C=O)O[C@@H](C=O)COP(=O)(O)OP(=O)(O)O. The molecule has 2 rings (SSSR count). The largest absolute Gasteiger partial charge is 0.481 e. The van der Waals surface area contributed by atoms with E-state index in [1.807, 2.05) is 0 Å². The number of anilines is 1. The Kier molecular flexibility index (Phi) is 6.51. The molecule has 17 heteroatoms. The molecule has 0 aliphatic rings. The Morgan fingerprint density at radius 2 is 1.89 bits per heavy atom. The first-order chi connectivity index (χ1) is 12.6. The minimum absolute atomic E-state index is 0.0366. The summed E-state index contributed by atoms with van der Waals surface area (Å²) in [4.78, 5) is 60.1. The van der Waals surface area contributed by atoms with Gasteiger partial charge in [0.2, 0.25) is 0 Å². The summed E-state index contributed by atoms with van der Waals surface area (Å²) >= 11 is 0. The number of hydrogen-bond acceptors (Lipinski definition) is 11. The molecular weight excluding hydrogens is 412 g/mol. The Labute approximate surface area is 150 Å². The van der Waals surface area contributed by atoms with Gasteiger partial charge in [0.15, 0.2) is 30.3 Å². The molecule has 0 aliphatic carbocycles. The van der Waals surface area contributed by atoms with E-state index >= 15 is 0 Å². The second kappa shape index (κ2) is 8.29. The fourth-order valence-electron chi connectivity index (χ4n) is 1.83. The Balaban J connectivity index is 2.12. The van der Waals surface area contributed by atoms with Gasteiger partial charge < -0.3 is 29.9 Å². The smallest absolute Gasteiger partial charge is 0.382 e. The van der Waals surface area contributed by atoms with Gasteiger partial charge in [0.1, 0.15) is 17.9 Å². The van der Waals surface area contributed by atoms with Crippen LogP contribution in [0.15, 0.2) is 12.7 Å². The number of hydrogen-bond donors (Lipinski definition) is 4. The number of ether oxygens (including phenoxy) is 1. The van der Waals surface area contributed by atoms with Crippen molar-refractivity contribution >= 4 is 45.2 Å². The van der Waals surface area contributed by atoms with Crippen molar-refractivity contribution in [3.63, 3.8) is 0 Å². The maximum atomic E-state index is 11.4.